The molecule has 0 radical (unpaired) electrons. The van der Waals surface area contributed by atoms with Crippen LogP contribution in [0.15, 0.2) is 24.3 Å². The lowest BCUT2D eigenvalue weighted by Gasteiger charge is -2.31. The molecule has 1 fully saturated rings. The van der Waals surface area contributed by atoms with E-state index in [0.29, 0.717) is 0 Å². The summed E-state index contributed by atoms with van der Waals surface area (Å²) in [6.07, 6.45) is 4.51. The summed E-state index contributed by atoms with van der Waals surface area (Å²) in [5, 5.41) is 10.2. The third kappa shape index (κ3) is 4.32. The Morgan fingerprint density at radius 3 is 2.42 bits per heavy atom. The number of aliphatic hydroxyl groups excluding tert-OH is 1. The number of hydrogen-bond donors (Lipinski definition) is 1. The zero-order valence-electron chi connectivity index (χ0n) is 12.3. The molecule has 0 aromatic heterocycles. The van der Waals surface area contributed by atoms with Crippen molar-refractivity contribution in [3.05, 3.63) is 35.4 Å². The van der Waals surface area contributed by atoms with Gasteiger partial charge in [-0.2, -0.15) is 0 Å². The SMILES string of the molecule is CCC1CCN(CCC(O)c2ccc(C)cc2)CC1. The lowest BCUT2D eigenvalue weighted by atomic mass is 9.94. The fourth-order valence-corrected chi connectivity index (χ4v) is 2.88. The molecule has 1 saturated heterocycles. The van der Waals surface area contributed by atoms with Crippen molar-refractivity contribution in [2.45, 2.75) is 45.6 Å². The van der Waals surface area contributed by atoms with Gasteiger partial charge < -0.3 is 10.0 Å². The summed E-state index contributed by atoms with van der Waals surface area (Å²) in [4.78, 5) is 2.50. The highest BCUT2D eigenvalue weighted by atomic mass is 16.3. The summed E-state index contributed by atoms with van der Waals surface area (Å²) < 4.78 is 0. The minimum Gasteiger partial charge on any atom is -0.388 e. The molecule has 1 aliphatic rings. The Balaban J connectivity index is 1.75. The maximum atomic E-state index is 10.2. The van der Waals surface area contributed by atoms with Gasteiger partial charge in [-0.15, -0.1) is 0 Å². The number of likely N-dealkylation sites (tertiary alicyclic amines) is 1. The van der Waals surface area contributed by atoms with E-state index in [-0.39, 0.29) is 6.10 Å². The van der Waals surface area contributed by atoms with E-state index in [0.717, 1.165) is 24.4 Å². The summed E-state index contributed by atoms with van der Waals surface area (Å²) >= 11 is 0. The van der Waals surface area contributed by atoms with E-state index >= 15 is 0 Å². The molecule has 1 aliphatic heterocycles. The standard InChI is InChI=1S/C17H27NO/c1-3-15-8-11-18(12-9-15)13-10-17(19)16-6-4-14(2)5-7-16/h4-7,15,17,19H,3,8-13H2,1-2H3. The molecule has 1 atom stereocenters. The van der Waals surface area contributed by atoms with Gasteiger partial charge in [0.1, 0.15) is 0 Å². The molecule has 0 bridgehead atoms. The monoisotopic (exact) mass is 261 g/mol. The van der Waals surface area contributed by atoms with Crippen LogP contribution in [0.3, 0.4) is 0 Å². The first kappa shape index (κ1) is 14.5. The molecule has 106 valence electrons. The molecule has 0 saturated carbocycles. The van der Waals surface area contributed by atoms with Crippen molar-refractivity contribution in [2.75, 3.05) is 19.6 Å². The Morgan fingerprint density at radius 2 is 1.84 bits per heavy atom. The fourth-order valence-electron chi connectivity index (χ4n) is 2.88. The fraction of sp³-hybridized carbons (Fsp3) is 0.647. The van der Waals surface area contributed by atoms with E-state index < -0.39 is 0 Å². The molecule has 19 heavy (non-hydrogen) atoms. The molecule has 1 aromatic rings. The number of nitrogens with zero attached hydrogens (tertiary/aromatic N) is 1. The van der Waals surface area contributed by atoms with Crippen LogP contribution in [0.1, 0.15) is 49.8 Å². The number of piperidine rings is 1. The zero-order valence-corrected chi connectivity index (χ0v) is 12.3. The number of aliphatic hydroxyl groups is 1. The summed E-state index contributed by atoms with van der Waals surface area (Å²) in [5.41, 5.74) is 2.30. The van der Waals surface area contributed by atoms with Gasteiger partial charge in [0.05, 0.1) is 6.10 Å². The van der Waals surface area contributed by atoms with Crippen LogP contribution in [0.2, 0.25) is 0 Å². The molecule has 0 spiro atoms. The van der Waals surface area contributed by atoms with E-state index in [1.54, 1.807) is 0 Å². The Labute approximate surface area is 117 Å². The van der Waals surface area contributed by atoms with Crippen molar-refractivity contribution in [3.63, 3.8) is 0 Å². The third-order valence-corrected chi connectivity index (χ3v) is 4.47. The van der Waals surface area contributed by atoms with E-state index in [4.69, 9.17) is 0 Å². The molecule has 2 nitrogen and oxygen atoms in total. The smallest absolute Gasteiger partial charge is 0.0802 e. The average molecular weight is 261 g/mol. The minimum absolute atomic E-state index is 0.315. The maximum Gasteiger partial charge on any atom is 0.0802 e. The van der Waals surface area contributed by atoms with Crippen LogP contribution in [0.4, 0.5) is 0 Å². The zero-order chi connectivity index (χ0) is 13.7. The maximum absolute atomic E-state index is 10.2. The van der Waals surface area contributed by atoms with Crippen molar-refractivity contribution < 1.29 is 5.11 Å². The number of benzene rings is 1. The summed E-state index contributed by atoms with van der Waals surface area (Å²) in [7, 11) is 0. The van der Waals surface area contributed by atoms with Crippen LogP contribution in [0.25, 0.3) is 0 Å². The second kappa shape index (κ2) is 7.06. The van der Waals surface area contributed by atoms with E-state index in [2.05, 4.69) is 30.9 Å². The highest BCUT2D eigenvalue weighted by molar-refractivity contribution is 5.23. The first-order chi connectivity index (χ1) is 9.19. The summed E-state index contributed by atoms with van der Waals surface area (Å²) in [6.45, 7) is 7.80. The Hall–Kier alpha value is -0.860. The van der Waals surface area contributed by atoms with Crippen molar-refractivity contribution >= 4 is 0 Å². The quantitative estimate of drug-likeness (QED) is 0.876. The molecule has 0 amide bonds. The van der Waals surface area contributed by atoms with Gasteiger partial charge in [0.25, 0.3) is 0 Å². The molecule has 2 rings (SSSR count). The second-order valence-corrected chi connectivity index (χ2v) is 5.91. The Kier molecular flexibility index (Phi) is 5.41. The minimum atomic E-state index is -0.315. The first-order valence-corrected chi connectivity index (χ1v) is 7.66. The van der Waals surface area contributed by atoms with Gasteiger partial charge in [-0.1, -0.05) is 43.2 Å². The highest BCUT2D eigenvalue weighted by Gasteiger charge is 2.18. The molecule has 1 N–H and O–H groups in total. The average Bonchev–Trinajstić information content (AvgIpc) is 2.46. The van der Waals surface area contributed by atoms with Gasteiger partial charge >= 0.3 is 0 Å². The van der Waals surface area contributed by atoms with Crippen LogP contribution >= 0.6 is 0 Å². The molecular formula is C17H27NO. The highest BCUT2D eigenvalue weighted by Crippen LogP contribution is 2.22. The molecule has 2 heteroatoms. The van der Waals surface area contributed by atoms with Crippen molar-refractivity contribution in [3.8, 4) is 0 Å². The van der Waals surface area contributed by atoms with Gasteiger partial charge in [-0.3, -0.25) is 0 Å². The summed E-state index contributed by atoms with van der Waals surface area (Å²) in [5.74, 6) is 0.929. The molecular weight excluding hydrogens is 234 g/mol. The van der Waals surface area contributed by atoms with Gasteiger partial charge in [-0.05, 0) is 50.8 Å². The van der Waals surface area contributed by atoms with Crippen molar-refractivity contribution in [1.29, 1.82) is 0 Å². The molecule has 1 heterocycles. The van der Waals surface area contributed by atoms with Gasteiger partial charge in [0.2, 0.25) is 0 Å². The first-order valence-electron chi connectivity index (χ1n) is 7.66. The van der Waals surface area contributed by atoms with Crippen LogP contribution < -0.4 is 0 Å². The lowest BCUT2D eigenvalue weighted by Crippen LogP contribution is -2.34. The predicted molar refractivity (Wildman–Crippen MR) is 80.2 cm³/mol. The van der Waals surface area contributed by atoms with E-state index in [1.807, 2.05) is 12.1 Å². The summed E-state index contributed by atoms with van der Waals surface area (Å²) in [6, 6.07) is 8.24. The van der Waals surface area contributed by atoms with Crippen LogP contribution in [-0.4, -0.2) is 29.6 Å². The molecule has 1 aromatic carbocycles. The lowest BCUT2D eigenvalue weighted by molar-refractivity contribution is 0.122. The Bertz CT molecular complexity index is 365. The number of aryl methyl sites for hydroxylation is 1. The normalized spacial score (nSPS) is 19.5. The molecule has 1 unspecified atom stereocenters. The largest absolute Gasteiger partial charge is 0.388 e. The van der Waals surface area contributed by atoms with Crippen molar-refractivity contribution in [2.24, 2.45) is 5.92 Å². The van der Waals surface area contributed by atoms with Crippen molar-refractivity contribution in [1.82, 2.24) is 4.90 Å². The third-order valence-electron chi connectivity index (χ3n) is 4.47. The van der Waals surface area contributed by atoms with E-state index in [9.17, 15) is 5.11 Å². The molecule has 0 aliphatic carbocycles. The Morgan fingerprint density at radius 1 is 1.21 bits per heavy atom. The van der Waals surface area contributed by atoms with E-state index in [1.165, 1.54) is 37.9 Å². The van der Waals surface area contributed by atoms with Crippen LogP contribution in [-0.2, 0) is 0 Å². The van der Waals surface area contributed by atoms with Gasteiger partial charge in [0.15, 0.2) is 0 Å². The topological polar surface area (TPSA) is 23.5 Å². The predicted octanol–water partition coefficient (Wildman–Crippen LogP) is 3.54. The van der Waals surface area contributed by atoms with Gasteiger partial charge in [-0.25, -0.2) is 0 Å². The van der Waals surface area contributed by atoms with Gasteiger partial charge in [0, 0.05) is 6.54 Å². The van der Waals surface area contributed by atoms with Crippen LogP contribution in [0.5, 0.6) is 0 Å². The number of rotatable bonds is 5. The second-order valence-electron chi connectivity index (χ2n) is 5.91. The van der Waals surface area contributed by atoms with Crippen LogP contribution in [0, 0.1) is 12.8 Å². The number of hydrogen-bond acceptors (Lipinski definition) is 2.